The van der Waals surface area contributed by atoms with Crippen LogP contribution in [0, 0.1) is 0 Å². The number of rotatable bonds is 18. The molecule has 0 heterocycles. The Bertz CT molecular complexity index is 358. The Morgan fingerprint density at radius 3 is 1.29 bits per heavy atom. The van der Waals surface area contributed by atoms with E-state index in [0.29, 0.717) is 13.1 Å². The highest BCUT2D eigenvalue weighted by atomic mass is 32.2. The Morgan fingerprint density at radius 2 is 0.958 bits per heavy atom. The van der Waals surface area contributed by atoms with Gasteiger partial charge in [0.25, 0.3) is 0 Å². The maximum atomic E-state index is 11.2. The predicted octanol–water partition coefficient (Wildman–Crippen LogP) is 5.98. The van der Waals surface area contributed by atoms with Crippen molar-refractivity contribution in [1.29, 1.82) is 0 Å². The van der Waals surface area contributed by atoms with Gasteiger partial charge in [0, 0.05) is 13.1 Å². The zero-order valence-electron chi connectivity index (χ0n) is 16.1. The SMILES string of the molecule is CCCCCCCCCCCCCCCCN(CCC)S(=O)(=O)O. The summed E-state index contributed by atoms with van der Waals surface area (Å²) in [6.45, 7) is 5.04. The highest BCUT2D eigenvalue weighted by Gasteiger charge is 2.16. The fourth-order valence-electron chi connectivity index (χ4n) is 3.07. The summed E-state index contributed by atoms with van der Waals surface area (Å²) in [4.78, 5) is 0. The summed E-state index contributed by atoms with van der Waals surface area (Å²) in [5, 5.41) is 0. The molecule has 0 saturated carbocycles. The molecule has 24 heavy (non-hydrogen) atoms. The third-order valence-electron chi connectivity index (χ3n) is 4.56. The second kappa shape index (κ2) is 16.3. The Labute approximate surface area is 151 Å². The van der Waals surface area contributed by atoms with Gasteiger partial charge in [-0.25, -0.2) is 0 Å². The van der Waals surface area contributed by atoms with Gasteiger partial charge in [-0.2, -0.15) is 12.7 Å². The van der Waals surface area contributed by atoms with E-state index in [2.05, 4.69) is 6.92 Å². The molecule has 0 rings (SSSR count). The summed E-state index contributed by atoms with van der Waals surface area (Å²) in [6, 6.07) is 0. The van der Waals surface area contributed by atoms with Crippen LogP contribution in [0.3, 0.4) is 0 Å². The van der Waals surface area contributed by atoms with E-state index in [1.165, 1.54) is 81.4 Å². The molecule has 1 N–H and O–H groups in total. The van der Waals surface area contributed by atoms with Crippen LogP contribution in [0.15, 0.2) is 0 Å². The van der Waals surface area contributed by atoms with Gasteiger partial charge in [0.15, 0.2) is 0 Å². The van der Waals surface area contributed by atoms with E-state index in [9.17, 15) is 8.42 Å². The monoisotopic (exact) mass is 363 g/mol. The number of unbranched alkanes of at least 4 members (excludes halogenated alkanes) is 13. The van der Waals surface area contributed by atoms with Crippen LogP contribution in [0.5, 0.6) is 0 Å². The molecule has 0 atom stereocenters. The van der Waals surface area contributed by atoms with Crippen LogP contribution in [-0.4, -0.2) is 30.4 Å². The summed E-state index contributed by atoms with van der Waals surface area (Å²) in [5.41, 5.74) is 0. The van der Waals surface area contributed by atoms with Crippen LogP contribution in [0.4, 0.5) is 0 Å². The number of hydrogen-bond donors (Lipinski definition) is 1. The van der Waals surface area contributed by atoms with Crippen molar-refractivity contribution in [1.82, 2.24) is 4.31 Å². The van der Waals surface area contributed by atoms with Crippen molar-refractivity contribution >= 4 is 10.3 Å². The van der Waals surface area contributed by atoms with Crippen molar-refractivity contribution in [2.75, 3.05) is 13.1 Å². The Morgan fingerprint density at radius 1 is 0.583 bits per heavy atom. The van der Waals surface area contributed by atoms with Gasteiger partial charge >= 0.3 is 10.3 Å². The van der Waals surface area contributed by atoms with E-state index in [1.54, 1.807) is 0 Å². The number of hydrogen-bond acceptors (Lipinski definition) is 2. The second-order valence-electron chi connectivity index (χ2n) is 6.97. The molecule has 0 aliphatic rings. The molecular weight excluding hydrogens is 322 g/mol. The minimum Gasteiger partial charge on any atom is -0.273 e. The van der Waals surface area contributed by atoms with E-state index in [4.69, 9.17) is 4.55 Å². The molecule has 0 aliphatic heterocycles. The average molecular weight is 364 g/mol. The van der Waals surface area contributed by atoms with Crippen LogP contribution in [0.1, 0.15) is 110 Å². The Hall–Kier alpha value is -0.130. The van der Waals surface area contributed by atoms with Crippen LogP contribution in [0.25, 0.3) is 0 Å². The van der Waals surface area contributed by atoms with Crippen LogP contribution in [0.2, 0.25) is 0 Å². The first-order valence-corrected chi connectivity index (χ1v) is 11.6. The molecule has 0 amide bonds. The van der Waals surface area contributed by atoms with Crippen LogP contribution < -0.4 is 0 Å². The lowest BCUT2D eigenvalue weighted by atomic mass is 10.0. The van der Waals surface area contributed by atoms with Crippen molar-refractivity contribution in [3.63, 3.8) is 0 Å². The van der Waals surface area contributed by atoms with E-state index in [0.717, 1.165) is 19.3 Å². The molecule has 0 aromatic heterocycles. The summed E-state index contributed by atoms with van der Waals surface area (Å²) in [7, 11) is -4.01. The molecule has 4 nitrogen and oxygen atoms in total. The first kappa shape index (κ1) is 23.9. The third kappa shape index (κ3) is 15.4. The largest absolute Gasteiger partial charge is 0.335 e. The summed E-state index contributed by atoms with van der Waals surface area (Å²) >= 11 is 0. The van der Waals surface area contributed by atoms with Gasteiger partial charge < -0.3 is 0 Å². The fraction of sp³-hybridized carbons (Fsp3) is 1.00. The normalized spacial score (nSPS) is 12.2. The van der Waals surface area contributed by atoms with Gasteiger partial charge in [-0.15, -0.1) is 0 Å². The molecule has 0 unspecified atom stereocenters. The molecule has 0 aliphatic carbocycles. The van der Waals surface area contributed by atoms with Gasteiger partial charge in [0.1, 0.15) is 0 Å². The molecule has 0 fully saturated rings. The first-order valence-electron chi connectivity index (χ1n) is 10.2. The molecule has 0 aromatic carbocycles. The van der Waals surface area contributed by atoms with Gasteiger partial charge in [-0.1, -0.05) is 97.3 Å². The highest BCUT2D eigenvalue weighted by Crippen LogP contribution is 2.13. The van der Waals surface area contributed by atoms with Gasteiger partial charge in [-0.3, -0.25) is 4.55 Å². The minimum atomic E-state index is -4.01. The second-order valence-corrected chi connectivity index (χ2v) is 8.39. The topological polar surface area (TPSA) is 57.6 Å². The van der Waals surface area contributed by atoms with Crippen LogP contribution in [-0.2, 0) is 10.3 Å². The lowest BCUT2D eigenvalue weighted by molar-refractivity contribution is 0.343. The van der Waals surface area contributed by atoms with Crippen LogP contribution >= 0.6 is 0 Å². The lowest BCUT2D eigenvalue weighted by Gasteiger charge is -2.17. The first-order chi connectivity index (χ1) is 11.5. The average Bonchev–Trinajstić information content (AvgIpc) is 2.53. The van der Waals surface area contributed by atoms with Crippen molar-refractivity contribution in [3.05, 3.63) is 0 Å². The number of nitrogens with zero attached hydrogens (tertiary/aromatic N) is 1. The molecule has 0 spiro atoms. The van der Waals surface area contributed by atoms with Gasteiger partial charge in [-0.05, 0) is 12.8 Å². The molecular formula is C19H41NO3S. The van der Waals surface area contributed by atoms with E-state index < -0.39 is 10.3 Å². The van der Waals surface area contributed by atoms with Gasteiger partial charge in [0.05, 0.1) is 0 Å². The predicted molar refractivity (Wildman–Crippen MR) is 104 cm³/mol. The van der Waals surface area contributed by atoms with Crippen molar-refractivity contribution < 1.29 is 13.0 Å². The summed E-state index contributed by atoms with van der Waals surface area (Å²) in [6.07, 6.45) is 18.8. The molecule has 5 heteroatoms. The Kier molecular flexibility index (Phi) is 16.3. The standard InChI is InChI=1S/C19H41NO3S/c1-3-5-6-7-8-9-10-11-12-13-14-15-16-17-19-20(18-4-2)24(21,22)23/h3-19H2,1-2H3,(H,21,22,23). The molecule has 0 radical (unpaired) electrons. The van der Waals surface area contributed by atoms with E-state index in [1.807, 2.05) is 6.92 Å². The maximum Gasteiger partial charge on any atom is 0.335 e. The van der Waals surface area contributed by atoms with Gasteiger partial charge in [0.2, 0.25) is 0 Å². The maximum absolute atomic E-state index is 11.2. The van der Waals surface area contributed by atoms with E-state index >= 15 is 0 Å². The smallest absolute Gasteiger partial charge is 0.273 e. The molecule has 146 valence electrons. The minimum absolute atomic E-state index is 0.414. The zero-order chi connectivity index (χ0) is 18.1. The zero-order valence-corrected chi connectivity index (χ0v) is 17.0. The third-order valence-corrected chi connectivity index (χ3v) is 5.58. The van der Waals surface area contributed by atoms with Crippen molar-refractivity contribution in [2.45, 2.75) is 110 Å². The molecule has 0 aromatic rings. The van der Waals surface area contributed by atoms with E-state index in [-0.39, 0.29) is 0 Å². The Balaban J connectivity index is 3.33. The summed E-state index contributed by atoms with van der Waals surface area (Å²) < 4.78 is 32.6. The van der Waals surface area contributed by atoms with Crippen molar-refractivity contribution in [3.8, 4) is 0 Å². The molecule has 0 bridgehead atoms. The fourth-order valence-corrected chi connectivity index (χ4v) is 3.85. The lowest BCUT2D eigenvalue weighted by Crippen LogP contribution is -2.32. The van der Waals surface area contributed by atoms with Crippen molar-refractivity contribution in [2.24, 2.45) is 0 Å². The highest BCUT2D eigenvalue weighted by molar-refractivity contribution is 7.83. The summed E-state index contributed by atoms with van der Waals surface area (Å²) in [5.74, 6) is 0. The quantitative estimate of drug-likeness (QED) is 0.241. The molecule has 0 saturated heterocycles.